The van der Waals surface area contributed by atoms with Gasteiger partial charge in [-0.25, -0.2) is 9.18 Å². The van der Waals surface area contributed by atoms with Crippen molar-refractivity contribution in [1.82, 2.24) is 5.32 Å². The maximum atomic E-state index is 13.0. The number of carbonyl (C=O) groups excluding carboxylic acids is 1. The van der Waals surface area contributed by atoms with E-state index in [2.05, 4.69) is 10.6 Å². The molecule has 1 atom stereocenters. The lowest BCUT2D eigenvalue weighted by atomic mass is 10.2. The van der Waals surface area contributed by atoms with E-state index in [1.807, 2.05) is 0 Å². The molecule has 2 rings (SSSR count). The molecule has 1 heterocycles. The summed E-state index contributed by atoms with van der Waals surface area (Å²) < 4.78 is 18.1. The van der Waals surface area contributed by atoms with E-state index in [0.29, 0.717) is 13.2 Å². The summed E-state index contributed by atoms with van der Waals surface area (Å²) in [6.07, 6.45) is 0.762. The van der Waals surface area contributed by atoms with E-state index in [1.165, 1.54) is 0 Å². The molecule has 7 heteroatoms. The van der Waals surface area contributed by atoms with Crippen LogP contribution in [0.2, 0.25) is 10.0 Å². The van der Waals surface area contributed by atoms with Gasteiger partial charge >= 0.3 is 6.03 Å². The van der Waals surface area contributed by atoms with Crippen LogP contribution in [0.3, 0.4) is 0 Å². The number of hydrogen-bond donors (Lipinski definition) is 2. The molecule has 98 valence electrons. The zero-order valence-electron chi connectivity index (χ0n) is 9.30. The molecule has 0 aromatic heterocycles. The molecular formula is C11H11Cl2FN2O2. The molecule has 1 unspecified atom stereocenters. The molecule has 0 saturated carbocycles. The Morgan fingerprint density at radius 1 is 1.39 bits per heavy atom. The highest BCUT2D eigenvalue weighted by atomic mass is 35.5. The summed E-state index contributed by atoms with van der Waals surface area (Å²) in [5.74, 6) is -0.555. The molecule has 0 spiro atoms. The van der Waals surface area contributed by atoms with E-state index >= 15 is 0 Å². The van der Waals surface area contributed by atoms with Gasteiger partial charge in [-0.2, -0.15) is 0 Å². The van der Waals surface area contributed by atoms with Crippen molar-refractivity contribution in [2.24, 2.45) is 0 Å². The number of benzene rings is 1. The van der Waals surface area contributed by atoms with Crippen LogP contribution in [0.25, 0.3) is 0 Å². The first-order chi connectivity index (χ1) is 8.56. The number of hydrogen-bond acceptors (Lipinski definition) is 2. The minimum Gasteiger partial charge on any atom is -0.379 e. The van der Waals surface area contributed by atoms with E-state index in [0.717, 1.165) is 18.6 Å². The van der Waals surface area contributed by atoms with Gasteiger partial charge in [0.25, 0.3) is 0 Å². The van der Waals surface area contributed by atoms with Crippen LogP contribution in [0.5, 0.6) is 0 Å². The summed E-state index contributed by atoms with van der Waals surface area (Å²) in [6.45, 7) is 1.11. The Labute approximate surface area is 113 Å². The van der Waals surface area contributed by atoms with E-state index < -0.39 is 11.8 Å². The zero-order valence-corrected chi connectivity index (χ0v) is 10.8. The molecule has 2 amide bonds. The Morgan fingerprint density at radius 3 is 2.61 bits per heavy atom. The van der Waals surface area contributed by atoms with Gasteiger partial charge < -0.3 is 15.4 Å². The smallest absolute Gasteiger partial charge is 0.319 e. The third-order valence-corrected chi connectivity index (χ3v) is 3.11. The second-order valence-electron chi connectivity index (χ2n) is 3.90. The second kappa shape index (κ2) is 5.73. The highest BCUT2D eigenvalue weighted by molar-refractivity contribution is 6.39. The molecule has 0 bridgehead atoms. The molecule has 1 aromatic carbocycles. The maximum Gasteiger partial charge on any atom is 0.319 e. The highest BCUT2D eigenvalue weighted by Gasteiger charge is 2.19. The predicted octanol–water partition coefficient (Wildman–Crippen LogP) is 3.04. The number of amides is 2. The van der Waals surface area contributed by atoms with Crippen LogP contribution >= 0.6 is 23.2 Å². The van der Waals surface area contributed by atoms with Crippen molar-refractivity contribution >= 4 is 34.9 Å². The number of halogens is 3. The normalized spacial score (nSPS) is 18.7. The molecule has 1 aliphatic rings. The number of anilines is 1. The summed E-state index contributed by atoms with van der Waals surface area (Å²) in [5.41, 5.74) is 0.191. The van der Waals surface area contributed by atoms with Gasteiger partial charge in [0.1, 0.15) is 5.82 Å². The minimum absolute atomic E-state index is 0.0250. The molecule has 4 nitrogen and oxygen atoms in total. The maximum absolute atomic E-state index is 13.0. The lowest BCUT2D eigenvalue weighted by Gasteiger charge is -2.13. The van der Waals surface area contributed by atoms with Crippen molar-refractivity contribution in [3.05, 3.63) is 28.0 Å². The number of carbonyl (C=O) groups is 1. The Kier molecular flexibility index (Phi) is 4.27. The Hall–Kier alpha value is -1.04. The Balaban J connectivity index is 2.02. The molecule has 0 aliphatic carbocycles. The summed E-state index contributed by atoms with van der Waals surface area (Å²) in [7, 11) is 0. The van der Waals surface area contributed by atoms with Gasteiger partial charge in [-0.05, 0) is 18.6 Å². The summed E-state index contributed by atoms with van der Waals surface area (Å²) >= 11 is 11.6. The van der Waals surface area contributed by atoms with Gasteiger partial charge in [-0.1, -0.05) is 23.2 Å². The molecule has 1 fully saturated rings. The fourth-order valence-electron chi connectivity index (χ4n) is 1.64. The molecule has 2 N–H and O–H groups in total. The molecule has 18 heavy (non-hydrogen) atoms. The second-order valence-corrected chi connectivity index (χ2v) is 4.72. The standard InChI is InChI=1S/C11H11Cl2FN2O2/c12-8-3-6(14)4-9(13)10(8)16-11(17)15-7-1-2-18-5-7/h3-4,7H,1-2,5H2,(H2,15,16,17). The average molecular weight is 293 g/mol. The largest absolute Gasteiger partial charge is 0.379 e. The first-order valence-electron chi connectivity index (χ1n) is 5.36. The third kappa shape index (κ3) is 3.25. The van der Waals surface area contributed by atoms with Gasteiger partial charge in [0.2, 0.25) is 0 Å². The van der Waals surface area contributed by atoms with E-state index in [9.17, 15) is 9.18 Å². The van der Waals surface area contributed by atoms with Gasteiger partial charge in [0.15, 0.2) is 0 Å². The average Bonchev–Trinajstić information content (AvgIpc) is 2.76. The van der Waals surface area contributed by atoms with Crippen molar-refractivity contribution in [1.29, 1.82) is 0 Å². The number of rotatable bonds is 2. The number of ether oxygens (including phenoxy) is 1. The quantitative estimate of drug-likeness (QED) is 0.880. The van der Waals surface area contributed by atoms with Crippen LogP contribution in [0.15, 0.2) is 12.1 Å². The van der Waals surface area contributed by atoms with Crippen molar-refractivity contribution in [2.45, 2.75) is 12.5 Å². The Bertz CT molecular complexity index is 441. The minimum atomic E-state index is -0.555. The van der Waals surface area contributed by atoms with Crippen LogP contribution in [0, 0.1) is 5.82 Å². The van der Waals surface area contributed by atoms with E-state index in [4.69, 9.17) is 27.9 Å². The van der Waals surface area contributed by atoms with Gasteiger partial charge in [-0.15, -0.1) is 0 Å². The number of urea groups is 1. The van der Waals surface area contributed by atoms with Crippen LogP contribution in [-0.4, -0.2) is 25.3 Å². The van der Waals surface area contributed by atoms with Gasteiger partial charge in [-0.3, -0.25) is 0 Å². The highest BCUT2D eigenvalue weighted by Crippen LogP contribution is 2.31. The van der Waals surface area contributed by atoms with Gasteiger partial charge in [0.05, 0.1) is 28.4 Å². The van der Waals surface area contributed by atoms with E-state index in [-0.39, 0.29) is 21.8 Å². The topological polar surface area (TPSA) is 50.4 Å². The van der Waals surface area contributed by atoms with Crippen molar-refractivity contribution < 1.29 is 13.9 Å². The van der Waals surface area contributed by atoms with Gasteiger partial charge in [0, 0.05) is 6.61 Å². The fraction of sp³-hybridized carbons (Fsp3) is 0.364. The van der Waals surface area contributed by atoms with Crippen LogP contribution < -0.4 is 10.6 Å². The first-order valence-corrected chi connectivity index (χ1v) is 6.11. The summed E-state index contributed by atoms with van der Waals surface area (Å²) in [5, 5.41) is 5.31. The SMILES string of the molecule is O=C(Nc1c(Cl)cc(F)cc1Cl)NC1CCOC1. The van der Waals surface area contributed by atoms with Crippen LogP contribution in [0.1, 0.15) is 6.42 Å². The molecule has 0 radical (unpaired) electrons. The monoisotopic (exact) mass is 292 g/mol. The van der Waals surface area contributed by atoms with Crippen molar-refractivity contribution in [2.75, 3.05) is 18.5 Å². The molecule has 1 aliphatic heterocycles. The summed E-state index contributed by atoms with van der Waals surface area (Å²) in [4.78, 5) is 11.7. The van der Waals surface area contributed by atoms with Crippen molar-refractivity contribution in [3.63, 3.8) is 0 Å². The molecule has 1 saturated heterocycles. The lowest BCUT2D eigenvalue weighted by molar-refractivity contribution is 0.189. The molecular weight excluding hydrogens is 282 g/mol. The third-order valence-electron chi connectivity index (χ3n) is 2.51. The fourth-order valence-corrected chi connectivity index (χ4v) is 2.20. The number of nitrogens with one attached hydrogen (secondary N) is 2. The lowest BCUT2D eigenvalue weighted by Crippen LogP contribution is -2.38. The predicted molar refractivity (Wildman–Crippen MR) is 67.8 cm³/mol. The van der Waals surface area contributed by atoms with E-state index in [1.54, 1.807) is 0 Å². The Morgan fingerprint density at radius 2 is 2.06 bits per heavy atom. The van der Waals surface area contributed by atoms with Crippen LogP contribution in [-0.2, 0) is 4.74 Å². The van der Waals surface area contributed by atoms with Crippen molar-refractivity contribution in [3.8, 4) is 0 Å². The zero-order chi connectivity index (χ0) is 13.1. The summed E-state index contributed by atoms with van der Waals surface area (Å²) in [6, 6.07) is 1.70. The molecule has 1 aromatic rings. The van der Waals surface area contributed by atoms with Crippen LogP contribution in [0.4, 0.5) is 14.9 Å². The first kappa shape index (κ1) is 13.4.